The van der Waals surface area contributed by atoms with Crippen LogP contribution in [0.25, 0.3) is 0 Å². The molecule has 1 aromatic carbocycles. The Bertz CT molecular complexity index is 852. The molecular formula is C23H27NO4. The molecule has 0 unspecified atom stereocenters. The molecule has 2 aliphatic carbocycles. The third-order valence-electron chi connectivity index (χ3n) is 6.07. The highest BCUT2D eigenvalue weighted by molar-refractivity contribution is 6.06. The Labute approximate surface area is 166 Å². The van der Waals surface area contributed by atoms with E-state index in [9.17, 15) is 9.59 Å². The molecule has 0 aromatic heterocycles. The molecule has 28 heavy (non-hydrogen) atoms. The van der Waals surface area contributed by atoms with Crippen LogP contribution in [0.2, 0.25) is 0 Å². The first kappa shape index (κ1) is 18.8. The molecule has 3 aliphatic rings. The standard InChI is InChI=1S/C23H27NO4/c1-4-28-20-13-14(11-12-19(20)27-3)21-22-15(7-5-9-17(22)25)24(2)16-8-6-10-18(26)23(16)21/h11-13,21H,4-10H2,1-3H3. The minimum Gasteiger partial charge on any atom is -0.493 e. The zero-order chi connectivity index (χ0) is 19.8. The fraction of sp³-hybridized carbons (Fsp3) is 0.478. The maximum Gasteiger partial charge on any atom is 0.161 e. The smallest absolute Gasteiger partial charge is 0.161 e. The number of allylic oxidation sites excluding steroid dienone is 4. The number of hydrogen-bond donors (Lipinski definition) is 0. The van der Waals surface area contributed by atoms with Crippen LogP contribution in [0, 0.1) is 0 Å². The van der Waals surface area contributed by atoms with Gasteiger partial charge in [0.05, 0.1) is 13.7 Å². The topological polar surface area (TPSA) is 55.8 Å². The van der Waals surface area contributed by atoms with Gasteiger partial charge in [0.25, 0.3) is 0 Å². The van der Waals surface area contributed by atoms with E-state index in [1.165, 1.54) is 0 Å². The summed E-state index contributed by atoms with van der Waals surface area (Å²) >= 11 is 0. The largest absolute Gasteiger partial charge is 0.493 e. The van der Waals surface area contributed by atoms with Gasteiger partial charge in [0.1, 0.15) is 0 Å². The molecule has 5 heteroatoms. The predicted octanol–water partition coefficient (Wildman–Crippen LogP) is 4.14. The monoisotopic (exact) mass is 381 g/mol. The van der Waals surface area contributed by atoms with Crippen LogP contribution < -0.4 is 9.47 Å². The van der Waals surface area contributed by atoms with E-state index in [1.807, 2.05) is 32.2 Å². The maximum atomic E-state index is 13.0. The third kappa shape index (κ3) is 2.93. The van der Waals surface area contributed by atoms with Gasteiger partial charge in [0, 0.05) is 48.3 Å². The van der Waals surface area contributed by atoms with Crippen molar-refractivity contribution in [3.8, 4) is 11.5 Å². The highest BCUT2D eigenvalue weighted by Crippen LogP contribution is 2.49. The molecule has 0 spiro atoms. The molecule has 0 saturated heterocycles. The van der Waals surface area contributed by atoms with Gasteiger partial charge in [0.15, 0.2) is 23.1 Å². The van der Waals surface area contributed by atoms with Crippen LogP contribution >= 0.6 is 0 Å². The van der Waals surface area contributed by atoms with Gasteiger partial charge in [-0.05, 0) is 50.3 Å². The average molecular weight is 381 g/mol. The Balaban J connectivity index is 1.92. The van der Waals surface area contributed by atoms with E-state index < -0.39 is 0 Å². The summed E-state index contributed by atoms with van der Waals surface area (Å²) in [5.74, 6) is 1.34. The molecule has 5 nitrogen and oxygen atoms in total. The van der Waals surface area contributed by atoms with E-state index >= 15 is 0 Å². The molecule has 0 N–H and O–H groups in total. The normalized spacial score (nSPS) is 20.3. The molecule has 0 amide bonds. The predicted molar refractivity (Wildman–Crippen MR) is 106 cm³/mol. The van der Waals surface area contributed by atoms with Crippen molar-refractivity contribution >= 4 is 11.6 Å². The molecule has 148 valence electrons. The van der Waals surface area contributed by atoms with Crippen LogP contribution in [0.4, 0.5) is 0 Å². The summed E-state index contributed by atoms with van der Waals surface area (Å²) < 4.78 is 11.2. The van der Waals surface area contributed by atoms with Crippen LogP contribution in [0.15, 0.2) is 40.7 Å². The highest BCUT2D eigenvalue weighted by Gasteiger charge is 2.42. The van der Waals surface area contributed by atoms with Crippen molar-refractivity contribution in [2.45, 2.75) is 51.4 Å². The van der Waals surface area contributed by atoms with Crippen LogP contribution in [0.5, 0.6) is 11.5 Å². The van der Waals surface area contributed by atoms with Crippen molar-refractivity contribution in [2.75, 3.05) is 20.8 Å². The van der Waals surface area contributed by atoms with Crippen molar-refractivity contribution in [1.82, 2.24) is 4.90 Å². The Morgan fingerprint density at radius 3 is 2.11 bits per heavy atom. The summed E-state index contributed by atoms with van der Waals surface area (Å²) in [5.41, 5.74) is 4.71. The molecule has 0 saturated carbocycles. The average Bonchev–Trinajstić information content (AvgIpc) is 2.70. The van der Waals surface area contributed by atoms with E-state index in [-0.39, 0.29) is 17.5 Å². The Morgan fingerprint density at radius 2 is 1.57 bits per heavy atom. The molecule has 0 fully saturated rings. The number of methoxy groups -OCH3 is 1. The van der Waals surface area contributed by atoms with Crippen LogP contribution in [-0.4, -0.2) is 37.2 Å². The first-order valence-corrected chi connectivity index (χ1v) is 10.1. The number of rotatable bonds is 4. The summed E-state index contributed by atoms with van der Waals surface area (Å²) in [4.78, 5) is 28.1. The first-order chi connectivity index (χ1) is 13.6. The lowest BCUT2D eigenvalue weighted by Gasteiger charge is -2.42. The van der Waals surface area contributed by atoms with Gasteiger partial charge >= 0.3 is 0 Å². The van der Waals surface area contributed by atoms with E-state index in [4.69, 9.17) is 9.47 Å². The molecular weight excluding hydrogens is 354 g/mol. The Hall–Kier alpha value is -2.56. The number of ketones is 2. The van der Waals surface area contributed by atoms with Crippen LogP contribution in [0.3, 0.4) is 0 Å². The number of Topliss-reactive ketones (excluding diaryl/α,β-unsaturated/α-hetero) is 2. The zero-order valence-corrected chi connectivity index (χ0v) is 16.8. The second kappa shape index (κ2) is 7.46. The van der Waals surface area contributed by atoms with Gasteiger partial charge in [-0.3, -0.25) is 9.59 Å². The van der Waals surface area contributed by atoms with E-state index in [2.05, 4.69) is 4.90 Å². The van der Waals surface area contributed by atoms with E-state index in [1.54, 1.807) is 7.11 Å². The zero-order valence-electron chi connectivity index (χ0n) is 16.8. The fourth-order valence-corrected chi connectivity index (χ4v) is 4.83. The van der Waals surface area contributed by atoms with E-state index in [0.717, 1.165) is 53.8 Å². The van der Waals surface area contributed by atoms with Gasteiger partial charge < -0.3 is 14.4 Å². The number of carbonyl (C=O) groups excluding carboxylic acids is 2. The molecule has 0 bridgehead atoms. The van der Waals surface area contributed by atoms with Gasteiger partial charge in [-0.2, -0.15) is 0 Å². The summed E-state index contributed by atoms with van der Waals surface area (Å²) in [6.07, 6.45) is 4.61. The molecule has 1 aromatic rings. The van der Waals surface area contributed by atoms with Crippen molar-refractivity contribution in [1.29, 1.82) is 0 Å². The Kier molecular flexibility index (Phi) is 5.00. The summed E-state index contributed by atoms with van der Waals surface area (Å²) in [6.45, 7) is 2.45. The van der Waals surface area contributed by atoms with Crippen LogP contribution in [-0.2, 0) is 9.59 Å². The quantitative estimate of drug-likeness (QED) is 0.785. The number of ether oxygens (including phenoxy) is 2. The second-order valence-corrected chi connectivity index (χ2v) is 7.61. The minimum atomic E-state index is -0.299. The van der Waals surface area contributed by atoms with Crippen molar-refractivity contribution in [2.24, 2.45) is 0 Å². The van der Waals surface area contributed by atoms with Crippen molar-refractivity contribution in [3.63, 3.8) is 0 Å². The lowest BCUT2D eigenvalue weighted by atomic mass is 9.71. The second-order valence-electron chi connectivity index (χ2n) is 7.61. The lowest BCUT2D eigenvalue weighted by molar-refractivity contribution is -0.117. The highest BCUT2D eigenvalue weighted by atomic mass is 16.5. The summed E-state index contributed by atoms with van der Waals surface area (Å²) in [5, 5.41) is 0. The van der Waals surface area contributed by atoms with Gasteiger partial charge in [-0.15, -0.1) is 0 Å². The molecule has 1 heterocycles. The molecule has 1 aliphatic heterocycles. The number of benzene rings is 1. The third-order valence-corrected chi connectivity index (χ3v) is 6.07. The van der Waals surface area contributed by atoms with Gasteiger partial charge in [-0.1, -0.05) is 6.07 Å². The number of carbonyl (C=O) groups is 2. The minimum absolute atomic E-state index is 0.164. The van der Waals surface area contributed by atoms with Gasteiger partial charge in [0.2, 0.25) is 0 Å². The molecule has 0 radical (unpaired) electrons. The van der Waals surface area contributed by atoms with Crippen LogP contribution in [0.1, 0.15) is 56.9 Å². The summed E-state index contributed by atoms with van der Waals surface area (Å²) in [6, 6.07) is 5.79. The van der Waals surface area contributed by atoms with Crippen molar-refractivity contribution in [3.05, 3.63) is 46.3 Å². The SMILES string of the molecule is CCOc1cc(C2C3=C(CCCC3=O)N(C)C3=C2C(=O)CCC3)ccc1OC. The molecule has 0 atom stereocenters. The molecule has 4 rings (SSSR count). The summed E-state index contributed by atoms with van der Waals surface area (Å²) in [7, 11) is 3.63. The van der Waals surface area contributed by atoms with Gasteiger partial charge in [-0.25, -0.2) is 0 Å². The maximum absolute atomic E-state index is 13.0. The Morgan fingerprint density at radius 1 is 0.964 bits per heavy atom. The van der Waals surface area contributed by atoms with E-state index in [0.29, 0.717) is 30.9 Å². The first-order valence-electron chi connectivity index (χ1n) is 10.1. The lowest BCUT2D eigenvalue weighted by Crippen LogP contribution is -2.37. The number of hydrogen-bond acceptors (Lipinski definition) is 5. The number of nitrogens with zero attached hydrogens (tertiary/aromatic N) is 1. The fourth-order valence-electron chi connectivity index (χ4n) is 4.83. The van der Waals surface area contributed by atoms with Crippen molar-refractivity contribution < 1.29 is 19.1 Å².